The van der Waals surface area contributed by atoms with Gasteiger partial charge in [0, 0.05) is 18.1 Å². The molecule has 3 aromatic carbocycles. The van der Waals surface area contributed by atoms with Crippen molar-refractivity contribution < 1.29 is 57.1 Å². The fourth-order valence-corrected chi connectivity index (χ4v) is 3.84. The van der Waals surface area contributed by atoms with E-state index in [4.69, 9.17) is 28.4 Å². The van der Waals surface area contributed by atoms with Crippen LogP contribution in [0.5, 0.6) is 17.2 Å². The summed E-state index contributed by atoms with van der Waals surface area (Å²) >= 11 is 0. The summed E-state index contributed by atoms with van der Waals surface area (Å²) in [5.74, 6) is -1.10. The van der Waals surface area contributed by atoms with Gasteiger partial charge in [-0.1, -0.05) is 37.4 Å². The van der Waals surface area contributed by atoms with Crippen LogP contribution in [0.25, 0.3) is 11.1 Å². The monoisotopic (exact) mass is 660 g/mol. The summed E-state index contributed by atoms with van der Waals surface area (Å²) < 4.78 is 35.7. The van der Waals surface area contributed by atoms with Gasteiger partial charge in [-0.3, -0.25) is 4.79 Å². The molecule has 0 spiro atoms. The molecule has 3 rings (SSSR count). The maximum absolute atomic E-state index is 12.7. The highest BCUT2D eigenvalue weighted by atomic mass is 16.7. The lowest BCUT2D eigenvalue weighted by Gasteiger charge is -2.09. The van der Waals surface area contributed by atoms with Crippen LogP contribution in [0.1, 0.15) is 36.0 Å². The lowest BCUT2D eigenvalue weighted by atomic mass is 10.0. The molecule has 0 heterocycles. The van der Waals surface area contributed by atoms with Gasteiger partial charge in [0.1, 0.15) is 17.2 Å². The molecule has 0 amide bonds. The molecular formula is C36H36O12. The summed E-state index contributed by atoms with van der Waals surface area (Å²) in [5, 5.41) is 0. The van der Waals surface area contributed by atoms with Crippen LogP contribution in [0.15, 0.2) is 97.6 Å². The Labute approximate surface area is 277 Å². The third-order valence-electron chi connectivity index (χ3n) is 6.38. The molecule has 0 atom stereocenters. The topological polar surface area (TPSA) is 150 Å². The molecular weight excluding hydrogens is 624 g/mol. The molecule has 0 aliphatic heterocycles. The van der Waals surface area contributed by atoms with E-state index >= 15 is 0 Å². The van der Waals surface area contributed by atoms with Crippen LogP contribution >= 0.6 is 0 Å². The van der Waals surface area contributed by atoms with E-state index in [1.165, 1.54) is 7.11 Å². The zero-order valence-corrected chi connectivity index (χ0v) is 26.5. The van der Waals surface area contributed by atoms with Gasteiger partial charge in [-0.25, -0.2) is 19.2 Å². The Bertz CT molecular complexity index is 1560. The minimum atomic E-state index is -0.839. The van der Waals surface area contributed by atoms with Gasteiger partial charge in [0.15, 0.2) is 0 Å². The molecule has 48 heavy (non-hydrogen) atoms. The summed E-state index contributed by atoms with van der Waals surface area (Å²) in [6.07, 6.45) is 1.47. The lowest BCUT2D eigenvalue weighted by molar-refractivity contribution is -0.144. The second kappa shape index (κ2) is 19.6. The SMILES string of the molecule is C=CC(=O)OCCCCOC(=O)Oc1ccc(-c2ccc(C(=O)Oc3ccc(OCCCOC(=O)C(=C)CC(=O)OC)cc3)cc2)cc1. The molecule has 0 saturated carbocycles. The van der Waals surface area contributed by atoms with Crippen molar-refractivity contribution in [3.8, 4) is 28.4 Å². The maximum Gasteiger partial charge on any atom is 0.513 e. The number of carbonyl (C=O) groups is 5. The van der Waals surface area contributed by atoms with Gasteiger partial charge in [0.2, 0.25) is 0 Å². The van der Waals surface area contributed by atoms with E-state index in [0.29, 0.717) is 42.1 Å². The molecule has 0 bridgehead atoms. The minimum Gasteiger partial charge on any atom is -0.493 e. The third-order valence-corrected chi connectivity index (χ3v) is 6.38. The molecule has 0 aliphatic rings. The van der Waals surface area contributed by atoms with Gasteiger partial charge < -0.3 is 33.2 Å². The Kier molecular flexibility index (Phi) is 14.9. The average Bonchev–Trinajstić information content (AvgIpc) is 3.10. The highest BCUT2D eigenvalue weighted by Gasteiger charge is 2.14. The fourth-order valence-electron chi connectivity index (χ4n) is 3.84. The van der Waals surface area contributed by atoms with Crippen LogP contribution in [-0.4, -0.2) is 63.6 Å². The number of ether oxygens (including phenoxy) is 7. The maximum atomic E-state index is 12.7. The number of hydrogen-bond donors (Lipinski definition) is 0. The standard InChI is InChI=1S/C36H36O12/c1-4-32(37)44-20-5-6-21-46-36(41)48-31-14-12-27(13-15-31)26-8-10-28(11-9-26)35(40)47-30-18-16-29(17-19-30)43-22-7-23-45-34(39)25(2)24-33(38)42-3/h4,8-19H,1-2,5-7,20-24H2,3H3. The van der Waals surface area contributed by atoms with Gasteiger partial charge in [-0.05, 0) is 72.5 Å². The number of methoxy groups -OCH3 is 1. The van der Waals surface area contributed by atoms with Crippen molar-refractivity contribution in [2.75, 3.05) is 33.5 Å². The molecule has 0 radical (unpaired) electrons. The summed E-state index contributed by atoms with van der Waals surface area (Å²) in [7, 11) is 1.22. The van der Waals surface area contributed by atoms with Gasteiger partial charge in [0.25, 0.3) is 0 Å². The van der Waals surface area contributed by atoms with E-state index in [2.05, 4.69) is 17.9 Å². The molecule has 0 fully saturated rings. The van der Waals surface area contributed by atoms with Crippen LogP contribution in [-0.2, 0) is 33.3 Å². The molecule has 0 aliphatic carbocycles. The zero-order valence-electron chi connectivity index (χ0n) is 26.5. The zero-order chi connectivity index (χ0) is 34.7. The van der Waals surface area contributed by atoms with E-state index in [1.54, 1.807) is 72.8 Å². The molecule has 3 aromatic rings. The van der Waals surface area contributed by atoms with Gasteiger partial charge in [-0.2, -0.15) is 0 Å². The minimum absolute atomic E-state index is 0.0132. The first-order chi connectivity index (χ1) is 23.2. The van der Waals surface area contributed by atoms with Crippen molar-refractivity contribution >= 4 is 30.0 Å². The predicted molar refractivity (Wildman–Crippen MR) is 172 cm³/mol. The summed E-state index contributed by atoms with van der Waals surface area (Å²) in [5.41, 5.74) is 2.03. The Morgan fingerprint density at radius 1 is 0.646 bits per heavy atom. The Hall–Kier alpha value is -5.91. The number of esters is 4. The van der Waals surface area contributed by atoms with Crippen LogP contribution in [0.3, 0.4) is 0 Å². The van der Waals surface area contributed by atoms with Crippen molar-refractivity contribution in [1.82, 2.24) is 0 Å². The highest BCUT2D eigenvalue weighted by Crippen LogP contribution is 2.24. The Balaban J connectivity index is 1.37. The van der Waals surface area contributed by atoms with Crippen LogP contribution in [0, 0.1) is 0 Å². The molecule has 0 aromatic heterocycles. The van der Waals surface area contributed by atoms with E-state index < -0.39 is 30.0 Å². The quantitative estimate of drug-likeness (QED) is 0.0391. The largest absolute Gasteiger partial charge is 0.513 e. The average molecular weight is 661 g/mol. The number of hydrogen-bond acceptors (Lipinski definition) is 12. The first-order valence-electron chi connectivity index (χ1n) is 14.9. The Morgan fingerprint density at radius 2 is 1.19 bits per heavy atom. The van der Waals surface area contributed by atoms with Gasteiger partial charge in [-0.15, -0.1) is 0 Å². The second-order valence-corrected chi connectivity index (χ2v) is 9.94. The summed E-state index contributed by atoms with van der Waals surface area (Å²) in [6.45, 7) is 7.51. The molecule has 0 saturated heterocycles. The molecule has 0 unspecified atom stereocenters. The van der Waals surface area contributed by atoms with Gasteiger partial charge in [0.05, 0.1) is 45.5 Å². The first kappa shape index (κ1) is 36.6. The van der Waals surface area contributed by atoms with E-state index in [9.17, 15) is 24.0 Å². The summed E-state index contributed by atoms with van der Waals surface area (Å²) in [6, 6.07) is 20.1. The predicted octanol–water partition coefficient (Wildman–Crippen LogP) is 6.03. The van der Waals surface area contributed by atoms with Crippen molar-refractivity contribution in [2.45, 2.75) is 25.7 Å². The van der Waals surface area contributed by atoms with E-state index in [1.807, 2.05) is 0 Å². The van der Waals surface area contributed by atoms with Crippen LogP contribution in [0.2, 0.25) is 0 Å². The molecule has 0 N–H and O–H groups in total. The Morgan fingerprint density at radius 3 is 1.81 bits per heavy atom. The van der Waals surface area contributed by atoms with Crippen molar-refractivity contribution in [2.24, 2.45) is 0 Å². The summed E-state index contributed by atoms with van der Waals surface area (Å²) in [4.78, 5) is 58.6. The van der Waals surface area contributed by atoms with Gasteiger partial charge >= 0.3 is 30.0 Å². The number of benzene rings is 3. The second-order valence-electron chi connectivity index (χ2n) is 9.94. The van der Waals surface area contributed by atoms with E-state index in [0.717, 1.165) is 17.2 Å². The normalized spacial score (nSPS) is 10.2. The number of rotatable bonds is 18. The van der Waals surface area contributed by atoms with Crippen molar-refractivity contribution in [3.63, 3.8) is 0 Å². The molecule has 12 nitrogen and oxygen atoms in total. The molecule has 12 heteroatoms. The first-order valence-corrected chi connectivity index (χ1v) is 14.9. The number of carbonyl (C=O) groups excluding carboxylic acids is 5. The van der Waals surface area contributed by atoms with Crippen molar-refractivity contribution in [1.29, 1.82) is 0 Å². The number of unbranched alkanes of at least 4 members (excludes halogenated alkanes) is 1. The highest BCUT2D eigenvalue weighted by molar-refractivity contribution is 5.93. The van der Waals surface area contributed by atoms with E-state index in [-0.39, 0.29) is 38.4 Å². The third kappa shape index (κ3) is 12.8. The van der Waals surface area contributed by atoms with Crippen LogP contribution < -0.4 is 14.2 Å². The lowest BCUT2D eigenvalue weighted by Crippen LogP contribution is -2.13. The molecule has 252 valence electrons. The smallest absolute Gasteiger partial charge is 0.493 e. The van der Waals surface area contributed by atoms with Crippen molar-refractivity contribution in [3.05, 3.63) is 103 Å². The fraction of sp³-hybridized carbons (Fsp3) is 0.250. The van der Waals surface area contributed by atoms with Crippen LogP contribution in [0.4, 0.5) is 4.79 Å².